The van der Waals surface area contributed by atoms with E-state index in [9.17, 15) is 14.7 Å². The van der Waals surface area contributed by atoms with Gasteiger partial charge >= 0.3 is 0 Å². The van der Waals surface area contributed by atoms with Gasteiger partial charge in [0, 0.05) is 41.7 Å². The van der Waals surface area contributed by atoms with Gasteiger partial charge in [0.2, 0.25) is 11.8 Å². The highest BCUT2D eigenvalue weighted by Gasteiger charge is 2.66. The Kier molecular flexibility index (Phi) is 11.3. The van der Waals surface area contributed by atoms with E-state index in [4.69, 9.17) is 21.1 Å². The second kappa shape index (κ2) is 16.4. The first-order valence-electron chi connectivity index (χ1n) is 20.3. The Balaban J connectivity index is 1.15. The molecular formula is C48H50ClN3O6Si. The zero-order chi connectivity index (χ0) is 41.5. The summed E-state index contributed by atoms with van der Waals surface area (Å²) in [7, 11) is -0.902. The van der Waals surface area contributed by atoms with Crippen LogP contribution in [0.3, 0.4) is 0 Å². The van der Waals surface area contributed by atoms with Crippen LogP contribution in [0.25, 0.3) is 0 Å². The van der Waals surface area contributed by atoms with Gasteiger partial charge < -0.3 is 24.4 Å². The molecule has 4 atom stereocenters. The van der Waals surface area contributed by atoms with Crippen LogP contribution in [0, 0.1) is 5.92 Å². The molecule has 0 aliphatic carbocycles. The number of para-hydroxylation sites is 1. The molecule has 0 radical (unpaired) electrons. The molecule has 8 rings (SSSR count). The molecule has 5 aromatic carbocycles. The number of hydrogen-bond acceptors (Lipinski definition) is 6. The van der Waals surface area contributed by atoms with Gasteiger partial charge in [-0.25, -0.2) is 0 Å². The third-order valence-corrected chi connectivity index (χ3v) is 17.3. The summed E-state index contributed by atoms with van der Waals surface area (Å²) in [5.74, 6) is 0.123. The molecule has 5 aromatic rings. The number of carbonyl (C=O) groups excluding carboxylic acids is 3. The molecule has 0 bridgehead atoms. The normalized spacial score (nSPS) is 21.2. The van der Waals surface area contributed by atoms with E-state index in [0.717, 1.165) is 51.1 Å². The number of halogens is 1. The lowest BCUT2D eigenvalue weighted by molar-refractivity contribution is -0.150. The lowest BCUT2D eigenvalue weighted by atomic mass is 9.82. The molecule has 3 amide bonds. The van der Waals surface area contributed by atoms with Crippen LogP contribution in [0.2, 0.25) is 23.7 Å². The minimum absolute atomic E-state index is 0.0408. The number of benzene rings is 5. The van der Waals surface area contributed by atoms with E-state index in [2.05, 4.69) is 38.2 Å². The van der Waals surface area contributed by atoms with Crippen molar-refractivity contribution in [3.05, 3.63) is 149 Å². The lowest BCUT2D eigenvalue weighted by Crippen LogP contribution is -2.52. The van der Waals surface area contributed by atoms with Crippen LogP contribution >= 0.6 is 11.6 Å². The molecule has 59 heavy (non-hydrogen) atoms. The third-order valence-electron chi connectivity index (χ3n) is 12.7. The molecule has 1 spiro atoms. The summed E-state index contributed by atoms with van der Waals surface area (Å²) in [6.45, 7) is 7.28. The number of ether oxygens (including phenoxy) is 2. The first-order valence-corrected chi connectivity index (χ1v) is 23.8. The van der Waals surface area contributed by atoms with Crippen LogP contribution in [0.1, 0.15) is 42.0 Å². The Hall–Kier alpha value is -5.26. The van der Waals surface area contributed by atoms with Gasteiger partial charge in [-0.3, -0.25) is 19.3 Å². The number of hydrogen-bond donors (Lipinski definition) is 1. The molecule has 9 nitrogen and oxygen atoms in total. The Morgan fingerprint density at radius 1 is 0.898 bits per heavy atom. The highest BCUT2D eigenvalue weighted by Crippen LogP contribution is 2.60. The fraction of sp³-hybridized carbons (Fsp3) is 0.312. The fourth-order valence-electron chi connectivity index (χ4n) is 9.80. The van der Waals surface area contributed by atoms with Gasteiger partial charge in [-0.05, 0) is 77.2 Å². The quantitative estimate of drug-likeness (QED) is 0.128. The highest BCUT2D eigenvalue weighted by molar-refractivity contribution is 6.91. The van der Waals surface area contributed by atoms with Crippen molar-refractivity contribution >= 4 is 59.6 Å². The van der Waals surface area contributed by atoms with Gasteiger partial charge in [-0.15, -0.1) is 0 Å². The molecular weight excluding hydrogens is 778 g/mol. The van der Waals surface area contributed by atoms with E-state index in [1.165, 1.54) is 0 Å². The van der Waals surface area contributed by atoms with E-state index in [1.807, 2.05) is 97.1 Å². The van der Waals surface area contributed by atoms with Crippen molar-refractivity contribution in [3.63, 3.8) is 0 Å². The minimum atomic E-state index is -2.55. The summed E-state index contributed by atoms with van der Waals surface area (Å²) >= 11 is 6.75. The topological polar surface area (TPSA) is 99.6 Å². The summed E-state index contributed by atoms with van der Waals surface area (Å²) in [5.41, 5.74) is 4.50. The van der Waals surface area contributed by atoms with Gasteiger partial charge in [-0.2, -0.15) is 0 Å². The Morgan fingerprint density at radius 3 is 2.32 bits per heavy atom. The Morgan fingerprint density at radius 2 is 1.61 bits per heavy atom. The summed E-state index contributed by atoms with van der Waals surface area (Å²) in [6, 6.07) is 39.2. The van der Waals surface area contributed by atoms with Crippen molar-refractivity contribution in [2.45, 2.75) is 69.6 Å². The van der Waals surface area contributed by atoms with Crippen LogP contribution in [0.15, 0.2) is 121 Å². The smallest absolute Gasteiger partial charge is 0.264 e. The van der Waals surface area contributed by atoms with Crippen LogP contribution in [-0.2, 0) is 44.2 Å². The van der Waals surface area contributed by atoms with Gasteiger partial charge in [0.05, 0.1) is 52.2 Å². The molecule has 3 heterocycles. The van der Waals surface area contributed by atoms with E-state index >= 15 is 4.79 Å². The number of aliphatic hydroxyl groups excluding tert-OH is 1. The molecule has 3 aliphatic heterocycles. The predicted molar refractivity (Wildman–Crippen MR) is 234 cm³/mol. The molecule has 304 valence electrons. The average molecular weight is 828 g/mol. The monoisotopic (exact) mass is 827 g/mol. The summed E-state index contributed by atoms with van der Waals surface area (Å²) in [4.78, 5) is 48.2. The average Bonchev–Trinajstić information content (AvgIpc) is 3.66. The molecule has 1 N–H and O–H groups in total. The highest BCUT2D eigenvalue weighted by atomic mass is 35.5. The van der Waals surface area contributed by atoms with Crippen molar-refractivity contribution in [1.29, 1.82) is 0 Å². The number of amides is 3. The number of anilines is 3. The molecule has 3 aliphatic rings. The summed E-state index contributed by atoms with van der Waals surface area (Å²) in [6.07, 6.45) is 0.590. The van der Waals surface area contributed by atoms with Crippen molar-refractivity contribution in [2.24, 2.45) is 5.92 Å². The van der Waals surface area contributed by atoms with Crippen LogP contribution in [0.5, 0.6) is 5.75 Å². The maximum atomic E-state index is 15.4. The Bertz CT molecular complexity index is 2360. The van der Waals surface area contributed by atoms with Crippen molar-refractivity contribution < 1.29 is 29.0 Å². The van der Waals surface area contributed by atoms with Crippen LogP contribution < -0.4 is 19.7 Å². The first-order chi connectivity index (χ1) is 28.5. The zero-order valence-electron chi connectivity index (χ0n) is 33.9. The molecule has 0 saturated carbocycles. The second-order valence-corrected chi connectivity index (χ2v) is 21.6. The molecule has 1 saturated heterocycles. The fourth-order valence-corrected chi connectivity index (χ4v) is 14.0. The second-order valence-electron chi connectivity index (χ2n) is 16.5. The van der Waals surface area contributed by atoms with Crippen molar-refractivity contribution in [1.82, 2.24) is 4.90 Å². The zero-order valence-corrected chi connectivity index (χ0v) is 35.7. The van der Waals surface area contributed by atoms with Crippen LogP contribution in [-0.4, -0.2) is 62.2 Å². The Labute approximate surface area is 352 Å². The maximum Gasteiger partial charge on any atom is 0.264 e. The largest absolute Gasteiger partial charge is 0.497 e. The van der Waals surface area contributed by atoms with Gasteiger partial charge in [0.1, 0.15) is 5.75 Å². The number of nitrogens with zero attached hydrogens (tertiary/aromatic N) is 3. The van der Waals surface area contributed by atoms with Crippen molar-refractivity contribution in [3.8, 4) is 5.75 Å². The van der Waals surface area contributed by atoms with Gasteiger partial charge in [0.25, 0.3) is 5.91 Å². The SMILES string of the molecule is COc1ccc([Si](C)(C)[C@H]2[C@H](CC(=O)N(CCO)Cc3ccccc3)O[C@@]3(C(=O)N(Cc4ccc(N5C(=O)CCc6ccccc65)cc4)c4ccc(Cl)cc43)[C@@H]2C)cc1. The summed E-state index contributed by atoms with van der Waals surface area (Å²) < 4.78 is 12.7. The van der Waals surface area contributed by atoms with Gasteiger partial charge in [-0.1, -0.05) is 110 Å². The number of methoxy groups -OCH3 is 1. The van der Waals surface area contributed by atoms with E-state index in [0.29, 0.717) is 23.6 Å². The minimum Gasteiger partial charge on any atom is -0.497 e. The number of aliphatic hydroxyl groups is 1. The molecule has 0 aromatic heterocycles. The maximum absolute atomic E-state index is 15.4. The third kappa shape index (κ3) is 7.37. The number of rotatable bonds is 12. The molecule has 11 heteroatoms. The predicted octanol–water partition coefficient (Wildman–Crippen LogP) is 8.13. The van der Waals surface area contributed by atoms with E-state index in [1.54, 1.807) is 27.9 Å². The van der Waals surface area contributed by atoms with Crippen molar-refractivity contribution in [2.75, 3.05) is 30.1 Å². The molecule has 0 unspecified atom stereocenters. The van der Waals surface area contributed by atoms with Crippen LogP contribution in [0.4, 0.5) is 17.1 Å². The lowest BCUT2D eigenvalue weighted by Gasteiger charge is -2.37. The standard InChI is InChI=1S/C48H50ClN3O6Si/c1-32-46(59(3,4)39-22-20-38(57-2)21-23-39)43(29-45(55)50(26-27-53)30-33-10-6-5-7-11-33)58-48(32)40-28-36(49)17-24-42(40)51(47(48)56)31-34-14-18-37(19-15-34)52-41-13-9-8-12-35(41)16-25-44(52)54/h5-15,17-24,28,32,43,46,53H,16,25-27,29-31H2,1-4H3/t32-,43+,46-,48+/m1/s1. The number of carbonyl (C=O) groups is 3. The number of fused-ring (bicyclic) bond motifs is 3. The molecule has 1 fully saturated rings. The summed E-state index contributed by atoms with van der Waals surface area (Å²) in [5, 5.41) is 11.7. The van der Waals surface area contributed by atoms with Gasteiger partial charge in [0.15, 0.2) is 5.60 Å². The van der Waals surface area contributed by atoms with E-state index < -0.39 is 19.8 Å². The number of aryl methyl sites for hydroxylation is 1. The first kappa shape index (κ1) is 40.5. The van der Waals surface area contributed by atoms with E-state index in [-0.39, 0.29) is 55.3 Å².